The number of ether oxygens (including phenoxy) is 2. The number of hydrogen-bond acceptors (Lipinski definition) is 7. The van der Waals surface area contributed by atoms with E-state index in [2.05, 4.69) is 14.7 Å². The number of alkyl halides is 1. The molecular weight excluding hydrogens is 482 g/mol. The van der Waals surface area contributed by atoms with Gasteiger partial charge in [0.2, 0.25) is 10.0 Å². The van der Waals surface area contributed by atoms with E-state index in [1.165, 1.54) is 17.3 Å². The molecule has 0 unspecified atom stereocenters. The summed E-state index contributed by atoms with van der Waals surface area (Å²) in [6, 6.07) is -1.37. The molecule has 1 aromatic heterocycles. The minimum absolute atomic E-state index is 0.0516. The van der Waals surface area contributed by atoms with Crippen LogP contribution in [0.1, 0.15) is 57.7 Å². The van der Waals surface area contributed by atoms with Gasteiger partial charge in [-0.25, -0.2) is 36.7 Å². The molecule has 0 radical (unpaired) electrons. The molecule has 1 aliphatic heterocycles. The first-order valence-electron chi connectivity index (χ1n) is 12.2. The maximum absolute atomic E-state index is 14.0. The SMILES string of the molecule is C[C@@H]1C[C@H](NS(C)(=O)=O)[C@H](CO[C@H]2CC[C@@]3(c4ncc(F)cn4)C[C@H]3C2)N1C(=O)OCC1(F)CC1. The highest BCUT2D eigenvalue weighted by Gasteiger charge is 2.60. The van der Waals surface area contributed by atoms with Gasteiger partial charge in [0, 0.05) is 17.5 Å². The Hall–Kier alpha value is -1.92. The highest BCUT2D eigenvalue weighted by Crippen LogP contribution is 2.61. The lowest BCUT2D eigenvalue weighted by Gasteiger charge is -2.33. The van der Waals surface area contributed by atoms with Crippen molar-refractivity contribution in [2.75, 3.05) is 19.5 Å². The second-order valence-corrected chi connectivity index (χ2v) is 12.6. The Labute approximate surface area is 204 Å². The Morgan fingerprint density at radius 3 is 2.60 bits per heavy atom. The molecule has 2 heterocycles. The standard InChI is InChI=1S/C23H32F2N4O5S/c1-14-7-18(28-35(2,31)32)19(29(14)21(30)34-13-22(25)5-6-22)12-33-17-3-4-23(9-15(23)8-17)20-26-10-16(24)11-27-20/h10-11,14-15,17-19,28H,3-9,12-13H2,1-2H3/t14-,15-,17+,18+,19+,23-/m1/s1. The minimum Gasteiger partial charge on any atom is -0.446 e. The maximum atomic E-state index is 14.0. The average Bonchev–Trinajstić information content (AvgIpc) is 3.68. The van der Waals surface area contributed by atoms with E-state index in [-0.39, 0.29) is 30.8 Å². The van der Waals surface area contributed by atoms with Gasteiger partial charge in [0.05, 0.1) is 37.4 Å². The highest BCUT2D eigenvalue weighted by molar-refractivity contribution is 7.88. The predicted octanol–water partition coefficient (Wildman–Crippen LogP) is 2.46. The molecule has 4 fully saturated rings. The average molecular weight is 515 g/mol. The summed E-state index contributed by atoms with van der Waals surface area (Å²) < 4.78 is 65.3. The van der Waals surface area contributed by atoms with Gasteiger partial charge < -0.3 is 9.47 Å². The van der Waals surface area contributed by atoms with E-state index in [1.807, 2.05) is 6.92 Å². The summed E-state index contributed by atoms with van der Waals surface area (Å²) >= 11 is 0. The van der Waals surface area contributed by atoms with Gasteiger partial charge in [0.25, 0.3) is 0 Å². The topological polar surface area (TPSA) is 111 Å². The third kappa shape index (κ3) is 5.29. The fraction of sp³-hybridized carbons (Fsp3) is 0.783. The number of carbonyl (C=O) groups is 1. The molecule has 6 atom stereocenters. The number of hydrogen-bond donors (Lipinski definition) is 1. The summed E-state index contributed by atoms with van der Waals surface area (Å²) in [4.78, 5) is 22.7. The van der Waals surface area contributed by atoms with Crippen LogP contribution in [-0.2, 0) is 24.9 Å². The van der Waals surface area contributed by atoms with E-state index >= 15 is 0 Å². The molecule has 1 aromatic rings. The molecule has 0 spiro atoms. The Balaban J connectivity index is 1.22. The third-order valence-electron chi connectivity index (χ3n) is 7.97. The van der Waals surface area contributed by atoms with Gasteiger partial charge in [-0.15, -0.1) is 0 Å². The number of nitrogens with one attached hydrogen (secondary N) is 1. The zero-order valence-electron chi connectivity index (χ0n) is 20.0. The molecule has 0 bridgehead atoms. The van der Waals surface area contributed by atoms with Crippen molar-refractivity contribution in [2.24, 2.45) is 5.92 Å². The molecule has 4 aliphatic rings. The van der Waals surface area contributed by atoms with Crippen molar-refractivity contribution in [2.45, 2.75) is 87.2 Å². The fourth-order valence-corrected chi connectivity index (χ4v) is 6.61. The van der Waals surface area contributed by atoms with Gasteiger partial charge >= 0.3 is 6.09 Å². The van der Waals surface area contributed by atoms with Gasteiger partial charge in [-0.2, -0.15) is 0 Å². The lowest BCUT2D eigenvalue weighted by Crippen LogP contribution is -2.50. The monoisotopic (exact) mass is 514 g/mol. The Morgan fingerprint density at radius 1 is 1.26 bits per heavy atom. The normalized spacial score (nSPS) is 35.4. The predicted molar refractivity (Wildman–Crippen MR) is 121 cm³/mol. The van der Waals surface area contributed by atoms with Crippen LogP contribution in [0.5, 0.6) is 0 Å². The number of amides is 1. The molecule has 9 nitrogen and oxygen atoms in total. The highest BCUT2D eigenvalue weighted by atomic mass is 32.2. The lowest BCUT2D eigenvalue weighted by atomic mass is 9.86. The number of fused-ring (bicyclic) bond motifs is 1. The molecule has 1 N–H and O–H groups in total. The van der Waals surface area contributed by atoms with Crippen LogP contribution in [0.2, 0.25) is 0 Å². The number of nitrogens with zero attached hydrogens (tertiary/aromatic N) is 3. The summed E-state index contributed by atoms with van der Waals surface area (Å²) in [5.41, 5.74) is -1.54. The lowest BCUT2D eigenvalue weighted by molar-refractivity contribution is -0.0143. The first-order valence-corrected chi connectivity index (χ1v) is 14.1. The van der Waals surface area contributed by atoms with Crippen LogP contribution >= 0.6 is 0 Å². The summed E-state index contributed by atoms with van der Waals surface area (Å²) in [5.74, 6) is 0.573. The largest absolute Gasteiger partial charge is 0.446 e. The smallest absolute Gasteiger partial charge is 0.410 e. The molecule has 194 valence electrons. The number of halogens is 2. The second-order valence-electron chi connectivity index (χ2n) is 10.8. The van der Waals surface area contributed by atoms with Gasteiger partial charge in [-0.3, -0.25) is 4.90 Å². The summed E-state index contributed by atoms with van der Waals surface area (Å²) in [7, 11) is -3.51. The maximum Gasteiger partial charge on any atom is 0.410 e. The summed E-state index contributed by atoms with van der Waals surface area (Å²) in [5, 5.41) is 0. The number of sulfonamides is 1. The quantitative estimate of drug-likeness (QED) is 0.567. The first-order chi connectivity index (χ1) is 16.5. The van der Waals surface area contributed by atoms with Crippen molar-refractivity contribution < 1.29 is 31.5 Å². The number of likely N-dealkylation sites (tertiary alicyclic amines) is 1. The van der Waals surface area contributed by atoms with E-state index in [9.17, 15) is 22.0 Å². The van der Waals surface area contributed by atoms with Crippen LogP contribution in [0.3, 0.4) is 0 Å². The number of aromatic nitrogens is 2. The van der Waals surface area contributed by atoms with Gasteiger partial charge in [0.1, 0.15) is 18.1 Å². The van der Waals surface area contributed by atoms with Crippen molar-refractivity contribution in [3.05, 3.63) is 24.0 Å². The van der Waals surface area contributed by atoms with Crippen LogP contribution in [0.15, 0.2) is 12.4 Å². The zero-order valence-corrected chi connectivity index (χ0v) is 20.8. The molecule has 5 rings (SSSR count). The third-order valence-corrected chi connectivity index (χ3v) is 8.71. The first kappa shape index (κ1) is 24.8. The van der Waals surface area contributed by atoms with Crippen LogP contribution in [0.25, 0.3) is 0 Å². The van der Waals surface area contributed by atoms with Crippen molar-refractivity contribution in [3.8, 4) is 0 Å². The number of rotatable bonds is 8. The molecule has 1 saturated heterocycles. The van der Waals surface area contributed by atoms with E-state index in [0.29, 0.717) is 31.0 Å². The molecule has 3 saturated carbocycles. The summed E-state index contributed by atoms with van der Waals surface area (Å²) in [6.45, 7) is 1.68. The van der Waals surface area contributed by atoms with Gasteiger partial charge in [-0.05, 0) is 57.8 Å². The Kier molecular flexibility index (Phi) is 6.28. The molecule has 3 aliphatic carbocycles. The molecule has 35 heavy (non-hydrogen) atoms. The van der Waals surface area contributed by atoms with Gasteiger partial charge in [-0.1, -0.05) is 0 Å². The number of carbonyl (C=O) groups excluding carboxylic acids is 1. The molecule has 12 heteroatoms. The molecule has 0 aromatic carbocycles. The zero-order chi connectivity index (χ0) is 25.0. The second kappa shape index (κ2) is 8.88. The van der Waals surface area contributed by atoms with Crippen LogP contribution in [0, 0.1) is 11.7 Å². The Morgan fingerprint density at radius 2 is 1.97 bits per heavy atom. The molecular formula is C23H32F2N4O5S. The van der Waals surface area contributed by atoms with E-state index in [4.69, 9.17) is 9.47 Å². The van der Waals surface area contributed by atoms with Crippen molar-refractivity contribution in [3.63, 3.8) is 0 Å². The Bertz CT molecular complexity index is 1070. The van der Waals surface area contributed by atoms with Crippen molar-refractivity contribution in [1.29, 1.82) is 0 Å². The van der Waals surface area contributed by atoms with Gasteiger partial charge in [0.15, 0.2) is 5.82 Å². The van der Waals surface area contributed by atoms with Crippen LogP contribution in [-0.4, -0.2) is 78.7 Å². The van der Waals surface area contributed by atoms with E-state index in [1.54, 1.807) is 0 Å². The van der Waals surface area contributed by atoms with E-state index < -0.39 is 39.7 Å². The fourth-order valence-electron chi connectivity index (χ4n) is 5.81. The van der Waals surface area contributed by atoms with E-state index in [0.717, 1.165) is 31.9 Å². The minimum atomic E-state index is -3.51. The summed E-state index contributed by atoms with van der Waals surface area (Å²) in [6.07, 6.45) is 7.28. The van der Waals surface area contributed by atoms with Crippen LogP contribution in [0.4, 0.5) is 13.6 Å². The van der Waals surface area contributed by atoms with Crippen molar-refractivity contribution in [1.82, 2.24) is 19.6 Å². The van der Waals surface area contributed by atoms with Crippen molar-refractivity contribution >= 4 is 16.1 Å². The van der Waals surface area contributed by atoms with Crippen LogP contribution < -0.4 is 4.72 Å². The molecule has 1 amide bonds.